The summed E-state index contributed by atoms with van der Waals surface area (Å²) < 4.78 is 27.6. The van der Waals surface area contributed by atoms with Crippen molar-refractivity contribution >= 4 is 40.7 Å². The van der Waals surface area contributed by atoms with Gasteiger partial charge in [-0.05, 0) is 147 Å². The second-order valence-electron chi connectivity index (χ2n) is 13.3. The third-order valence-electron chi connectivity index (χ3n) is 8.99. The molecule has 1 saturated carbocycles. The smallest absolute Gasteiger partial charge is 0.343 e. The Labute approximate surface area is 310 Å². The van der Waals surface area contributed by atoms with Crippen LogP contribution >= 0.6 is 0 Å². The van der Waals surface area contributed by atoms with Gasteiger partial charge in [0.2, 0.25) is 0 Å². The molecule has 9 nitrogen and oxygen atoms in total. The summed E-state index contributed by atoms with van der Waals surface area (Å²) in [5.41, 5.74) is 2.61. The average molecular weight is 719 g/mol. The zero-order valence-corrected chi connectivity index (χ0v) is 30.4. The van der Waals surface area contributed by atoms with Crippen LogP contribution in [0.25, 0.3) is 16.8 Å². The molecule has 0 heterocycles. The Morgan fingerprint density at radius 2 is 1.38 bits per heavy atom. The Balaban J connectivity index is 1.05. The molecular formula is C44H46O9. The van der Waals surface area contributed by atoms with Gasteiger partial charge in [-0.1, -0.05) is 37.6 Å². The molecule has 4 aromatic rings. The Morgan fingerprint density at radius 1 is 0.717 bits per heavy atom. The molecular weight excluding hydrogens is 672 g/mol. The van der Waals surface area contributed by atoms with Gasteiger partial charge in [0.05, 0.1) is 30.9 Å². The molecule has 0 N–H and O–H groups in total. The van der Waals surface area contributed by atoms with Gasteiger partial charge in [0.15, 0.2) is 0 Å². The number of fused-ring (bicyclic) bond motifs is 1. The molecule has 0 spiro atoms. The van der Waals surface area contributed by atoms with Crippen LogP contribution in [0, 0.1) is 12.8 Å². The number of aryl methyl sites for hydroxylation is 1. The quantitative estimate of drug-likeness (QED) is 0.0456. The van der Waals surface area contributed by atoms with Gasteiger partial charge in [0, 0.05) is 11.6 Å². The highest BCUT2D eigenvalue weighted by atomic mass is 16.5. The number of carbonyl (C=O) groups excluding carboxylic acids is 4. The first-order valence-electron chi connectivity index (χ1n) is 18.1. The predicted molar refractivity (Wildman–Crippen MR) is 203 cm³/mol. The maximum absolute atomic E-state index is 13.0. The van der Waals surface area contributed by atoms with E-state index in [2.05, 4.69) is 6.58 Å². The lowest BCUT2D eigenvalue weighted by Gasteiger charge is -2.10. The van der Waals surface area contributed by atoms with E-state index >= 15 is 0 Å². The summed E-state index contributed by atoms with van der Waals surface area (Å²) in [4.78, 5) is 49.3. The summed E-state index contributed by atoms with van der Waals surface area (Å²) in [6.45, 7) is 8.46. The summed E-state index contributed by atoms with van der Waals surface area (Å²) in [6, 6.07) is 22.5. The molecule has 1 fully saturated rings. The van der Waals surface area contributed by atoms with E-state index in [-0.39, 0.29) is 17.7 Å². The molecule has 9 heteroatoms. The number of carbonyl (C=O) groups is 4. The fourth-order valence-corrected chi connectivity index (χ4v) is 5.94. The molecule has 0 unspecified atom stereocenters. The number of rotatable bonds is 17. The lowest BCUT2D eigenvalue weighted by Crippen LogP contribution is -2.11. The maximum Gasteiger partial charge on any atom is 0.343 e. The van der Waals surface area contributed by atoms with Crippen LogP contribution < -0.4 is 14.2 Å². The van der Waals surface area contributed by atoms with Crippen LogP contribution in [0.5, 0.6) is 17.2 Å². The van der Waals surface area contributed by atoms with E-state index in [4.69, 9.17) is 23.7 Å². The first-order chi connectivity index (χ1) is 25.6. The number of unbranched alkanes of at least 4 members (excludes halogenated alkanes) is 3. The van der Waals surface area contributed by atoms with Crippen LogP contribution in [0.3, 0.4) is 0 Å². The Kier molecular flexibility index (Phi) is 14.0. The average Bonchev–Trinajstić information content (AvgIpc) is 3.69. The summed E-state index contributed by atoms with van der Waals surface area (Å²) in [7, 11) is 0. The largest absolute Gasteiger partial charge is 0.494 e. The van der Waals surface area contributed by atoms with Crippen molar-refractivity contribution in [3.05, 3.63) is 119 Å². The molecule has 0 aromatic heterocycles. The minimum Gasteiger partial charge on any atom is -0.494 e. The molecule has 0 radical (unpaired) electrons. The van der Waals surface area contributed by atoms with Gasteiger partial charge < -0.3 is 23.7 Å². The summed E-state index contributed by atoms with van der Waals surface area (Å²) in [6.07, 6.45) is 11.3. The molecule has 1 aliphatic rings. The molecule has 4 aromatic carbocycles. The topological polar surface area (TPSA) is 114 Å². The minimum absolute atomic E-state index is 0.289. The lowest BCUT2D eigenvalue weighted by atomic mass is 10.1. The van der Waals surface area contributed by atoms with E-state index in [1.807, 2.05) is 37.3 Å². The first-order valence-corrected chi connectivity index (χ1v) is 18.1. The third-order valence-corrected chi connectivity index (χ3v) is 8.99. The highest BCUT2D eigenvalue weighted by Crippen LogP contribution is 2.26. The van der Waals surface area contributed by atoms with Crippen molar-refractivity contribution in [2.45, 2.75) is 65.2 Å². The van der Waals surface area contributed by atoms with Crippen LogP contribution in [0.15, 0.2) is 97.1 Å². The summed E-state index contributed by atoms with van der Waals surface area (Å²) >= 11 is 0. The van der Waals surface area contributed by atoms with E-state index in [1.54, 1.807) is 49.4 Å². The zero-order chi connectivity index (χ0) is 37.6. The van der Waals surface area contributed by atoms with E-state index in [0.717, 1.165) is 66.2 Å². The Hall–Kier alpha value is -5.70. The van der Waals surface area contributed by atoms with Crippen molar-refractivity contribution in [2.24, 2.45) is 5.92 Å². The number of hydrogen-bond donors (Lipinski definition) is 0. The van der Waals surface area contributed by atoms with Gasteiger partial charge in [-0.15, -0.1) is 0 Å². The second kappa shape index (κ2) is 19.2. The number of ether oxygens (including phenoxy) is 5. The van der Waals surface area contributed by atoms with Gasteiger partial charge in [-0.2, -0.15) is 0 Å². The van der Waals surface area contributed by atoms with Crippen LogP contribution in [-0.2, 0) is 19.1 Å². The summed E-state index contributed by atoms with van der Waals surface area (Å²) in [5, 5.41) is 1.79. The van der Waals surface area contributed by atoms with Crippen molar-refractivity contribution in [3.63, 3.8) is 0 Å². The molecule has 0 aliphatic heterocycles. The molecule has 0 bridgehead atoms. The highest BCUT2D eigenvalue weighted by Gasteiger charge is 2.17. The maximum atomic E-state index is 13.0. The molecule has 1 aliphatic carbocycles. The van der Waals surface area contributed by atoms with E-state index < -0.39 is 11.9 Å². The lowest BCUT2D eigenvalue weighted by molar-refractivity contribution is -0.139. The standard InChI is InChI=1S/C44H46O9/c1-30(2)42(46)50-25-9-5-4-8-24-49-39-21-18-35-27-37(15-14-36(35)28-39)44(48)52-38-19-16-34(17-20-38)43(47)53-40-22-12-32(26-31(40)3)13-23-41(45)51-29-33-10-6-7-11-33/h12-23,26-28,33H,1,4-11,24-25,29H2,2-3H3/b23-13+. The minimum atomic E-state index is -0.554. The van der Waals surface area contributed by atoms with E-state index in [0.29, 0.717) is 48.2 Å². The Bertz CT molecular complexity index is 1950. The van der Waals surface area contributed by atoms with Crippen molar-refractivity contribution in [1.82, 2.24) is 0 Å². The van der Waals surface area contributed by atoms with E-state index in [1.165, 1.54) is 31.1 Å². The van der Waals surface area contributed by atoms with Crippen LogP contribution in [0.1, 0.15) is 90.1 Å². The monoisotopic (exact) mass is 718 g/mol. The van der Waals surface area contributed by atoms with Crippen LogP contribution in [0.4, 0.5) is 0 Å². The first kappa shape index (κ1) is 38.5. The zero-order valence-electron chi connectivity index (χ0n) is 30.4. The fraction of sp³-hybridized carbons (Fsp3) is 0.318. The molecule has 0 amide bonds. The van der Waals surface area contributed by atoms with E-state index in [9.17, 15) is 19.2 Å². The fourth-order valence-electron chi connectivity index (χ4n) is 5.94. The van der Waals surface area contributed by atoms with Gasteiger partial charge in [0.1, 0.15) is 17.2 Å². The molecule has 0 atom stereocenters. The van der Waals surface area contributed by atoms with Gasteiger partial charge in [-0.25, -0.2) is 19.2 Å². The van der Waals surface area contributed by atoms with Crippen LogP contribution in [0.2, 0.25) is 0 Å². The van der Waals surface area contributed by atoms with Gasteiger partial charge >= 0.3 is 23.9 Å². The Morgan fingerprint density at radius 3 is 2.11 bits per heavy atom. The molecule has 276 valence electrons. The highest BCUT2D eigenvalue weighted by molar-refractivity contribution is 5.97. The van der Waals surface area contributed by atoms with Crippen LogP contribution in [-0.4, -0.2) is 43.7 Å². The third kappa shape index (κ3) is 11.9. The number of hydrogen-bond acceptors (Lipinski definition) is 9. The number of benzene rings is 4. The molecule has 53 heavy (non-hydrogen) atoms. The normalized spacial score (nSPS) is 12.8. The molecule has 0 saturated heterocycles. The second-order valence-corrected chi connectivity index (χ2v) is 13.3. The summed E-state index contributed by atoms with van der Waals surface area (Å²) in [5.74, 6) is 0.104. The van der Waals surface area contributed by atoms with Crippen molar-refractivity contribution in [2.75, 3.05) is 19.8 Å². The van der Waals surface area contributed by atoms with Crippen molar-refractivity contribution < 1.29 is 42.9 Å². The SMILES string of the molecule is C=C(C)C(=O)OCCCCCCOc1ccc2cc(C(=O)Oc3ccc(C(=O)Oc4ccc(/C=C/C(=O)OCC5CCCC5)cc4C)cc3)ccc2c1. The predicted octanol–water partition coefficient (Wildman–Crippen LogP) is 9.39. The van der Waals surface area contributed by atoms with Crippen molar-refractivity contribution in [1.29, 1.82) is 0 Å². The number of esters is 4. The van der Waals surface area contributed by atoms with Gasteiger partial charge in [-0.3, -0.25) is 0 Å². The molecule has 5 rings (SSSR count). The van der Waals surface area contributed by atoms with Crippen molar-refractivity contribution in [3.8, 4) is 17.2 Å². The van der Waals surface area contributed by atoms with Gasteiger partial charge in [0.25, 0.3) is 0 Å².